The molecule has 3 heteroatoms. The van der Waals surface area contributed by atoms with E-state index in [0.29, 0.717) is 5.92 Å². The van der Waals surface area contributed by atoms with Gasteiger partial charge in [0.25, 0.3) is 0 Å². The fraction of sp³-hybridized carbons (Fsp3) is 0.438. The zero-order valence-corrected chi connectivity index (χ0v) is 12.8. The molecule has 0 unspecified atom stereocenters. The van der Waals surface area contributed by atoms with Crippen LogP contribution in [0.1, 0.15) is 30.7 Å². The second-order valence-electron chi connectivity index (χ2n) is 5.12. The van der Waals surface area contributed by atoms with Gasteiger partial charge >= 0.3 is 0 Å². The Morgan fingerprint density at radius 3 is 2.58 bits per heavy atom. The highest BCUT2D eigenvalue weighted by molar-refractivity contribution is 7.12. The van der Waals surface area contributed by atoms with E-state index >= 15 is 0 Å². The Morgan fingerprint density at radius 2 is 1.95 bits per heavy atom. The van der Waals surface area contributed by atoms with Crippen LogP contribution in [0.15, 0.2) is 30.3 Å². The molecule has 2 nitrogen and oxygen atoms in total. The van der Waals surface area contributed by atoms with Gasteiger partial charge < -0.3 is 5.32 Å². The van der Waals surface area contributed by atoms with Crippen LogP contribution in [0.2, 0.25) is 0 Å². The van der Waals surface area contributed by atoms with Gasteiger partial charge in [0.05, 0.1) is 5.69 Å². The fourth-order valence-electron chi connectivity index (χ4n) is 2.00. The zero-order valence-electron chi connectivity index (χ0n) is 11.9. The van der Waals surface area contributed by atoms with Gasteiger partial charge in [0.15, 0.2) is 0 Å². The molecule has 0 saturated heterocycles. The molecule has 19 heavy (non-hydrogen) atoms. The van der Waals surface area contributed by atoms with Crippen LogP contribution >= 0.6 is 11.3 Å². The summed E-state index contributed by atoms with van der Waals surface area (Å²) in [4.78, 5) is 6.19. The fourth-order valence-corrected chi connectivity index (χ4v) is 3.01. The lowest BCUT2D eigenvalue weighted by Crippen LogP contribution is -2.18. The summed E-state index contributed by atoms with van der Waals surface area (Å²) in [7, 11) is 0. The van der Waals surface area contributed by atoms with Crippen molar-refractivity contribution in [1.82, 2.24) is 10.3 Å². The number of nitrogens with zero attached hydrogens (tertiary/aromatic N) is 1. The average molecular weight is 274 g/mol. The molecule has 1 aromatic carbocycles. The molecule has 0 radical (unpaired) electrons. The van der Waals surface area contributed by atoms with Crippen LogP contribution in [0.4, 0.5) is 0 Å². The lowest BCUT2D eigenvalue weighted by Gasteiger charge is -2.04. The van der Waals surface area contributed by atoms with E-state index in [1.807, 2.05) is 17.4 Å². The van der Waals surface area contributed by atoms with E-state index in [-0.39, 0.29) is 0 Å². The molecule has 0 aliphatic rings. The van der Waals surface area contributed by atoms with Gasteiger partial charge in [0.1, 0.15) is 5.01 Å². The Balaban J connectivity index is 2.14. The van der Waals surface area contributed by atoms with E-state index in [4.69, 9.17) is 4.98 Å². The lowest BCUT2D eigenvalue weighted by atomic mass is 10.1. The highest BCUT2D eigenvalue weighted by atomic mass is 32.1. The van der Waals surface area contributed by atoms with Crippen LogP contribution in [-0.2, 0) is 13.0 Å². The number of nitrogens with one attached hydrogen (secondary N) is 1. The van der Waals surface area contributed by atoms with Gasteiger partial charge in [0.2, 0.25) is 0 Å². The summed E-state index contributed by atoms with van der Waals surface area (Å²) in [5.74, 6) is 0.680. The molecular weight excluding hydrogens is 252 g/mol. The van der Waals surface area contributed by atoms with Crippen molar-refractivity contribution < 1.29 is 0 Å². The normalized spacial score (nSPS) is 11.2. The molecule has 2 rings (SSSR count). The Hall–Kier alpha value is -1.19. The zero-order chi connectivity index (χ0) is 13.7. The van der Waals surface area contributed by atoms with Gasteiger partial charge in [-0.3, -0.25) is 0 Å². The minimum atomic E-state index is 0.680. The highest BCUT2D eigenvalue weighted by Crippen LogP contribution is 2.28. The van der Waals surface area contributed by atoms with Gasteiger partial charge in [-0.05, 0) is 18.9 Å². The van der Waals surface area contributed by atoms with Gasteiger partial charge in [-0.2, -0.15) is 0 Å². The summed E-state index contributed by atoms with van der Waals surface area (Å²) in [6.45, 7) is 8.57. The van der Waals surface area contributed by atoms with E-state index in [1.165, 1.54) is 15.4 Å². The maximum absolute atomic E-state index is 4.80. The van der Waals surface area contributed by atoms with Crippen LogP contribution in [-0.4, -0.2) is 11.5 Å². The standard InChI is InChI=1S/C16H22N2S/c1-4-14-16(13-8-6-5-7-9-13)18-15(19-14)11-17-10-12(2)3/h5-9,12,17H,4,10-11H2,1-3H3. The summed E-state index contributed by atoms with van der Waals surface area (Å²) < 4.78 is 0. The van der Waals surface area contributed by atoms with Crippen molar-refractivity contribution in [3.05, 3.63) is 40.2 Å². The Labute approximate surface area is 119 Å². The number of thiazole rings is 1. The van der Waals surface area contributed by atoms with Crippen molar-refractivity contribution >= 4 is 11.3 Å². The van der Waals surface area contributed by atoms with E-state index in [9.17, 15) is 0 Å². The minimum absolute atomic E-state index is 0.680. The largest absolute Gasteiger partial charge is 0.310 e. The van der Waals surface area contributed by atoms with Crippen LogP contribution in [0.3, 0.4) is 0 Å². The van der Waals surface area contributed by atoms with Crippen molar-refractivity contribution in [2.75, 3.05) is 6.54 Å². The first-order chi connectivity index (χ1) is 9.20. The number of aromatic nitrogens is 1. The lowest BCUT2D eigenvalue weighted by molar-refractivity contribution is 0.551. The highest BCUT2D eigenvalue weighted by Gasteiger charge is 2.11. The topological polar surface area (TPSA) is 24.9 Å². The monoisotopic (exact) mass is 274 g/mol. The Morgan fingerprint density at radius 1 is 1.21 bits per heavy atom. The first-order valence-electron chi connectivity index (χ1n) is 6.95. The van der Waals surface area contributed by atoms with Gasteiger partial charge in [-0.25, -0.2) is 4.98 Å². The summed E-state index contributed by atoms with van der Waals surface area (Å²) >= 11 is 1.83. The summed E-state index contributed by atoms with van der Waals surface area (Å²) in [5, 5.41) is 4.66. The van der Waals surface area contributed by atoms with Gasteiger partial charge in [-0.1, -0.05) is 51.1 Å². The molecule has 0 aliphatic carbocycles. The molecule has 1 aromatic heterocycles. The molecule has 1 N–H and O–H groups in total. The predicted octanol–water partition coefficient (Wildman–Crippen LogP) is 4.12. The van der Waals surface area contributed by atoms with Crippen LogP contribution in [0.5, 0.6) is 0 Å². The molecule has 0 aliphatic heterocycles. The van der Waals surface area contributed by atoms with Crippen LogP contribution < -0.4 is 5.32 Å². The number of hydrogen-bond acceptors (Lipinski definition) is 3. The van der Waals surface area contributed by atoms with Crippen molar-refractivity contribution in [3.8, 4) is 11.3 Å². The third-order valence-corrected chi connectivity index (χ3v) is 4.14. The van der Waals surface area contributed by atoms with Crippen molar-refractivity contribution in [2.45, 2.75) is 33.7 Å². The van der Waals surface area contributed by atoms with Gasteiger partial charge in [0, 0.05) is 17.0 Å². The summed E-state index contributed by atoms with van der Waals surface area (Å²) in [5.41, 5.74) is 2.39. The predicted molar refractivity (Wildman–Crippen MR) is 83.5 cm³/mol. The quantitative estimate of drug-likeness (QED) is 0.857. The number of benzene rings is 1. The Bertz CT molecular complexity index is 503. The van der Waals surface area contributed by atoms with Crippen LogP contribution in [0.25, 0.3) is 11.3 Å². The van der Waals surface area contributed by atoms with E-state index in [1.54, 1.807) is 0 Å². The van der Waals surface area contributed by atoms with Crippen molar-refractivity contribution in [1.29, 1.82) is 0 Å². The van der Waals surface area contributed by atoms with Crippen LogP contribution in [0, 0.1) is 5.92 Å². The SMILES string of the molecule is CCc1sc(CNCC(C)C)nc1-c1ccccc1. The Kier molecular flexibility index (Phi) is 5.11. The van der Waals surface area contributed by atoms with E-state index < -0.39 is 0 Å². The van der Waals surface area contributed by atoms with E-state index in [0.717, 1.165) is 25.2 Å². The molecule has 2 aromatic rings. The second-order valence-corrected chi connectivity index (χ2v) is 6.29. The number of aryl methyl sites for hydroxylation is 1. The second kappa shape index (κ2) is 6.83. The summed E-state index contributed by atoms with van der Waals surface area (Å²) in [6.07, 6.45) is 1.05. The molecule has 0 fully saturated rings. The van der Waals surface area contributed by atoms with Crippen molar-refractivity contribution in [2.24, 2.45) is 5.92 Å². The third-order valence-electron chi connectivity index (χ3n) is 2.94. The molecule has 1 heterocycles. The number of rotatable bonds is 6. The third kappa shape index (κ3) is 3.88. The van der Waals surface area contributed by atoms with Crippen molar-refractivity contribution in [3.63, 3.8) is 0 Å². The number of hydrogen-bond donors (Lipinski definition) is 1. The molecule has 0 saturated carbocycles. The first-order valence-corrected chi connectivity index (χ1v) is 7.77. The minimum Gasteiger partial charge on any atom is -0.310 e. The molecular formula is C16H22N2S. The average Bonchev–Trinajstić information content (AvgIpc) is 2.82. The molecule has 0 atom stereocenters. The van der Waals surface area contributed by atoms with E-state index in [2.05, 4.69) is 50.4 Å². The summed E-state index contributed by atoms with van der Waals surface area (Å²) in [6, 6.07) is 10.5. The maximum atomic E-state index is 4.80. The molecule has 0 spiro atoms. The molecule has 0 amide bonds. The molecule has 0 bridgehead atoms. The van der Waals surface area contributed by atoms with Gasteiger partial charge in [-0.15, -0.1) is 11.3 Å². The smallest absolute Gasteiger partial charge is 0.107 e. The molecule has 102 valence electrons. The maximum Gasteiger partial charge on any atom is 0.107 e. The first kappa shape index (κ1) is 14.2.